The smallest absolute Gasteiger partial charge is 0.309 e. The molecule has 0 radical (unpaired) electrons. The summed E-state index contributed by atoms with van der Waals surface area (Å²) >= 11 is 0. The lowest BCUT2D eigenvalue weighted by Gasteiger charge is -2.27. The van der Waals surface area contributed by atoms with E-state index in [9.17, 15) is 9.59 Å². The molecule has 0 unspecified atom stereocenters. The Morgan fingerprint density at radius 3 is 2.46 bits per heavy atom. The van der Waals surface area contributed by atoms with Crippen LogP contribution in [0.1, 0.15) is 16.8 Å². The van der Waals surface area contributed by atoms with E-state index < -0.39 is 5.97 Å². The zero-order chi connectivity index (χ0) is 17.5. The molecule has 0 aliphatic carbocycles. The van der Waals surface area contributed by atoms with Crippen molar-refractivity contribution in [2.75, 3.05) is 45.2 Å². The maximum absolute atomic E-state index is 12.4. The molecule has 1 saturated heterocycles. The summed E-state index contributed by atoms with van der Waals surface area (Å²) in [6.07, 6.45) is 1.67. The van der Waals surface area contributed by atoms with E-state index in [1.54, 1.807) is 25.4 Å². The van der Waals surface area contributed by atoms with Crippen LogP contribution in [0.3, 0.4) is 0 Å². The quantitative estimate of drug-likeness (QED) is 0.711. The van der Waals surface area contributed by atoms with Crippen LogP contribution in [0.5, 0.6) is 0 Å². The van der Waals surface area contributed by atoms with Gasteiger partial charge in [0.2, 0.25) is 0 Å². The molecule has 0 aromatic heterocycles. The highest BCUT2D eigenvalue weighted by Gasteiger charge is 2.17. The van der Waals surface area contributed by atoms with Gasteiger partial charge in [-0.25, -0.2) is 0 Å². The van der Waals surface area contributed by atoms with Crippen LogP contribution in [0.25, 0.3) is 0 Å². The minimum absolute atomic E-state index is 0.0445. The number of aliphatic carboxylic acids is 1. The van der Waals surface area contributed by atoms with Crippen molar-refractivity contribution in [3.05, 3.63) is 41.7 Å². The van der Waals surface area contributed by atoms with Gasteiger partial charge in [-0.05, 0) is 24.3 Å². The number of piperazine rings is 1. The van der Waals surface area contributed by atoms with Gasteiger partial charge in [0.1, 0.15) is 0 Å². The third-order valence-corrected chi connectivity index (χ3v) is 3.94. The lowest BCUT2D eigenvalue weighted by molar-refractivity contribution is -0.136. The average molecular weight is 332 g/mol. The number of anilines is 1. The Kier molecular flexibility index (Phi) is 6.20. The molecule has 2 rings (SSSR count). The molecule has 1 aliphatic rings. The Morgan fingerprint density at radius 2 is 1.92 bits per heavy atom. The molecule has 7 nitrogen and oxygen atoms in total. The normalized spacial score (nSPS) is 15.1. The molecular formula is C17H24N4O3. The van der Waals surface area contributed by atoms with Crippen LogP contribution in [-0.4, -0.2) is 62.2 Å². The number of amides is 1. The fourth-order valence-corrected chi connectivity index (χ4v) is 2.56. The van der Waals surface area contributed by atoms with E-state index >= 15 is 0 Å². The third-order valence-electron chi connectivity index (χ3n) is 3.94. The summed E-state index contributed by atoms with van der Waals surface area (Å²) in [4.78, 5) is 26.9. The summed E-state index contributed by atoms with van der Waals surface area (Å²) < 4.78 is 0. The Bertz CT molecular complexity index is 607. The number of nitrogens with one attached hydrogen (secondary N) is 2. The predicted molar refractivity (Wildman–Crippen MR) is 93.0 cm³/mol. The van der Waals surface area contributed by atoms with Crippen molar-refractivity contribution in [1.82, 2.24) is 15.5 Å². The van der Waals surface area contributed by atoms with Gasteiger partial charge in [-0.1, -0.05) is 0 Å². The Balaban J connectivity index is 2.06. The van der Waals surface area contributed by atoms with Gasteiger partial charge in [-0.3, -0.25) is 9.59 Å². The summed E-state index contributed by atoms with van der Waals surface area (Å²) in [6.45, 7) is 3.11. The molecule has 24 heavy (non-hydrogen) atoms. The molecule has 1 fully saturated rings. The highest BCUT2D eigenvalue weighted by Crippen LogP contribution is 2.16. The van der Waals surface area contributed by atoms with Crippen molar-refractivity contribution in [2.45, 2.75) is 6.42 Å². The number of hydrogen-bond acceptors (Lipinski definition) is 5. The average Bonchev–Trinajstić information content (AvgIpc) is 2.61. The minimum Gasteiger partial charge on any atom is -0.481 e. The molecule has 130 valence electrons. The number of benzene rings is 1. The van der Waals surface area contributed by atoms with Gasteiger partial charge in [0, 0.05) is 63.4 Å². The second kappa shape index (κ2) is 8.35. The molecule has 3 N–H and O–H groups in total. The number of carboxylic acid groups (broad SMARTS) is 1. The largest absolute Gasteiger partial charge is 0.481 e. The Hall–Kier alpha value is -2.54. The fraction of sp³-hybridized carbons (Fsp3) is 0.412. The van der Waals surface area contributed by atoms with Gasteiger partial charge in [-0.15, -0.1) is 0 Å². The van der Waals surface area contributed by atoms with Crippen molar-refractivity contribution in [2.24, 2.45) is 0 Å². The Morgan fingerprint density at radius 1 is 1.29 bits per heavy atom. The van der Waals surface area contributed by atoms with E-state index in [2.05, 4.69) is 10.6 Å². The molecule has 0 saturated carbocycles. The first-order valence-corrected chi connectivity index (χ1v) is 7.94. The molecular weight excluding hydrogens is 308 g/mol. The van der Waals surface area contributed by atoms with Gasteiger partial charge in [-0.2, -0.15) is 0 Å². The van der Waals surface area contributed by atoms with Gasteiger partial charge < -0.3 is 25.5 Å². The maximum atomic E-state index is 12.4. The molecule has 7 heteroatoms. The first kappa shape index (κ1) is 17.8. The second-order valence-corrected chi connectivity index (χ2v) is 5.67. The number of carbonyl (C=O) groups excluding carboxylic acids is 1. The standard InChI is InChI=1S/C17H24N4O3/c1-18-14(11-16(22)23)12-20(2)15-5-3-13(4-6-15)17(24)21-9-7-19-8-10-21/h3-6,12,18-19H,7-11H2,1-2H3,(H,22,23). The van der Waals surface area contributed by atoms with Crippen LogP contribution < -0.4 is 15.5 Å². The minimum atomic E-state index is -0.888. The summed E-state index contributed by atoms with van der Waals surface area (Å²) in [6, 6.07) is 7.33. The van der Waals surface area contributed by atoms with Gasteiger partial charge in [0.25, 0.3) is 5.91 Å². The molecule has 1 aliphatic heterocycles. The SMILES string of the molecule is CNC(=CN(C)c1ccc(C(=O)N2CCNCC2)cc1)CC(=O)O. The summed E-state index contributed by atoms with van der Waals surface area (Å²) in [7, 11) is 3.53. The van der Waals surface area contributed by atoms with E-state index in [0.29, 0.717) is 11.3 Å². The van der Waals surface area contributed by atoms with E-state index in [1.165, 1.54) is 0 Å². The van der Waals surface area contributed by atoms with E-state index in [-0.39, 0.29) is 12.3 Å². The van der Waals surface area contributed by atoms with E-state index in [0.717, 1.165) is 31.9 Å². The summed E-state index contributed by atoms with van der Waals surface area (Å²) in [5.41, 5.74) is 2.15. The number of carboxylic acids is 1. The van der Waals surface area contributed by atoms with E-state index in [1.807, 2.05) is 29.0 Å². The monoisotopic (exact) mass is 332 g/mol. The van der Waals surface area contributed by atoms with Crippen molar-refractivity contribution in [1.29, 1.82) is 0 Å². The molecule has 1 aromatic carbocycles. The zero-order valence-electron chi connectivity index (χ0n) is 14.1. The topological polar surface area (TPSA) is 84.9 Å². The van der Waals surface area contributed by atoms with Crippen molar-refractivity contribution < 1.29 is 14.7 Å². The molecule has 1 amide bonds. The zero-order valence-corrected chi connectivity index (χ0v) is 14.1. The van der Waals surface area contributed by atoms with Crippen LogP contribution in [0.15, 0.2) is 36.2 Å². The summed E-state index contributed by atoms with van der Waals surface area (Å²) in [5, 5.41) is 15.0. The van der Waals surface area contributed by atoms with Gasteiger partial charge in [0.05, 0.1) is 6.42 Å². The lowest BCUT2D eigenvalue weighted by atomic mass is 10.1. The molecule has 0 spiro atoms. The number of carbonyl (C=O) groups is 2. The van der Waals surface area contributed by atoms with E-state index in [4.69, 9.17) is 5.11 Å². The highest BCUT2D eigenvalue weighted by molar-refractivity contribution is 5.94. The molecule has 0 bridgehead atoms. The van der Waals surface area contributed by atoms with Crippen LogP contribution in [0.2, 0.25) is 0 Å². The number of hydrogen-bond donors (Lipinski definition) is 3. The number of nitrogens with zero attached hydrogens (tertiary/aromatic N) is 2. The van der Waals surface area contributed by atoms with Crippen LogP contribution in [-0.2, 0) is 4.79 Å². The molecule has 0 atom stereocenters. The van der Waals surface area contributed by atoms with Crippen LogP contribution >= 0.6 is 0 Å². The molecule has 1 heterocycles. The fourth-order valence-electron chi connectivity index (χ4n) is 2.56. The third kappa shape index (κ3) is 4.73. The lowest BCUT2D eigenvalue weighted by Crippen LogP contribution is -2.46. The maximum Gasteiger partial charge on any atom is 0.309 e. The first-order valence-electron chi connectivity index (χ1n) is 7.94. The van der Waals surface area contributed by atoms with Crippen molar-refractivity contribution in [3.8, 4) is 0 Å². The van der Waals surface area contributed by atoms with Gasteiger partial charge in [0.15, 0.2) is 0 Å². The first-order chi connectivity index (χ1) is 11.5. The predicted octanol–water partition coefficient (Wildman–Crippen LogP) is 0.704. The van der Waals surface area contributed by atoms with Crippen LogP contribution in [0.4, 0.5) is 5.69 Å². The second-order valence-electron chi connectivity index (χ2n) is 5.67. The Labute approximate surface area is 141 Å². The molecule has 1 aromatic rings. The van der Waals surface area contributed by atoms with Crippen molar-refractivity contribution >= 4 is 17.6 Å². The van der Waals surface area contributed by atoms with Gasteiger partial charge >= 0.3 is 5.97 Å². The van der Waals surface area contributed by atoms with Crippen LogP contribution in [0, 0.1) is 0 Å². The highest BCUT2D eigenvalue weighted by atomic mass is 16.4. The number of rotatable bonds is 6. The summed E-state index contributed by atoms with van der Waals surface area (Å²) in [5.74, 6) is -0.844. The van der Waals surface area contributed by atoms with Crippen molar-refractivity contribution in [3.63, 3.8) is 0 Å².